The molecule has 1 rings (SSSR count). The van der Waals surface area contributed by atoms with Gasteiger partial charge in [-0.15, -0.1) is 0 Å². The van der Waals surface area contributed by atoms with E-state index in [1.165, 1.54) is 5.56 Å². The number of aliphatic imine (C=N–C) groups is 1. The number of nitrogens with two attached hydrogens (primary N) is 1. The van der Waals surface area contributed by atoms with Gasteiger partial charge in [-0.25, -0.2) is 5.84 Å². The van der Waals surface area contributed by atoms with Crippen LogP contribution in [0.3, 0.4) is 0 Å². The smallest absolute Gasteiger partial charge is 0.118 e. The van der Waals surface area contributed by atoms with Gasteiger partial charge >= 0.3 is 0 Å². The van der Waals surface area contributed by atoms with Gasteiger partial charge in [-0.3, -0.25) is 4.99 Å². The zero-order valence-corrected chi connectivity index (χ0v) is 11.0. The standard InChI is InChI=1S/C14H23N3/c1-4-11(3)13(14(17-15)16-5-2)12-9-7-6-8-10-12/h6-11,13H,4-5,15H2,1-3H3,(H,16,17). The third-order valence-electron chi connectivity index (χ3n) is 3.14. The Bertz CT molecular complexity index is 346. The largest absolute Gasteiger partial charge is 0.312 e. The van der Waals surface area contributed by atoms with Gasteiger partial charge < -0.3 is 5.43 Å². The van der Waals surface area contributed by atoms with Crippen LogP contribution in [-0.2, 0) is 0 Å². The summed E-state index contributed by atoms with van der Waals surface area (Å²) in [4.78, 5) is 4.47. The lowest BCUT2D eigenvalue weighted by Crippen LogP contribution is -2.37. The Kier molecular flexibility index (Phi) is 5.70. The van der Waals surface area contributed by atoms with Crippen molar-refractivity contribution >= 4 is 5.84 Å². The molecule has 0 aromatic heterocycles. The molecule has 3 heteroatoms. The summed E-state index contributed by atoms with van der Waals surface area (Å²) in [6, 6.07) is 10.4. The van der Waals surface area contributed by atoms with Crippen LogP contribution >= 0.6 is 0 Å². The molecule has 0 saturated heterocycles. The van der Waals surface area contributed by atoms with Crippen LogP contribution < -0.4 is 11.3 Å². The summed E-state index contributed by atoms with van der Waals surface area (Å²) in [6.45, 7) is 7.20. The van der Waals surface area contributed by atoms with Crippen LogP contribution in [0, 0.1) is 5.92 Å². The molecule has 0 radical (unpaired) electrons. The van der Waals surface area contributed by atoms with Gasteiger partial charge in [-0.05, 0) is 18.4 Å². The lowest BCUT2D eigenvalue weighted by Gasteiger charge is -2.25. The van der Waals surface area contributed by atoms with Crippen molar-refractivity contribution in [1.29, 1.82) is 0 Å². The zero-order chi connectivity index (χ0) is 12.7. The minimum Gasteiger partial charge on any atom is -0.312 e. The Morgan fingerprint density at radius 3 is 2.41 bits per heavy atom. The van der Waals surface area contributed by atoms with Gasteiger partial charge in [0.05, 0.1) is 0 Å². The summed E-state index contributed by atoms with van der Waals surface area (Å²) in [5.74, 6) is 7.26. The van der Waals surface area contributed by atoms with Crippen LogP contribution in [0.5, 0.6) is 0 Å². The molecule has 0 aliphatic rings. The molecule has 2 unspecified atom stereocenters. The van der Waals surface area contributed by atoms with E-state index >= 15 is 0 Å². The summed E-state index contributed by atoms with van der Waals surface area (Å²) in [5, 5.41) is 0. The molecule has 0 bridgehead atoms. The molecule has 17 heavy (non-hydrogen) atoms. The first-order valence-electron chi connectivity index (χ1n) is 6.30. The molecule has 2 atom stereocenters. The predicted octanol–water partition coefficient (Wildman–Crippen LogP) is 2.70. The van der Waals surface area contributed by atoms with E-state index in [4.69, 9.17) is 5.84 Å². The van der Waals surface area contributed by atoms with E-state index in [1.807, 2.05) is 13.0 Å². The fraction of sp³-hybridized carbons (Fsp3) is 0.500. The van der Waals surface area contributed by atoms with E-state index in [2.05, 4.69) is 48.5 Å². The first kappa shape index (κ1) is 13.7. The summed E-state index contributed by atoms with van der Waals surface area (Å²) in [5.41, 5.74) is 4.04. The normalized spacial score (nSPS) is 15.4. The van der Waals surface area contributed by atoms with Crippen molar-refractivity contribution in [3.05, 3.63) is 35.9 Å². The second-order valence-corrected chi connectivity index (χ2v) is 4.28. The highest BCUT2D eigenvalue weighted by Gasteiger charge is 2.22. The number of rotatable bonds is 5. The summed E-state index contributed by atoms with van der Waals surface area (Å²) >= 11 is 0. The summed E-state index contributed by atoms with van der Waals surface area (Å²) < 4.78 is 0. The van der Waals surface area contributed by atoms with Crippen LogP contribution in [-0.4, -0.2) is 12.4 Å². The molecular weight excluding hydrogens is 210 g/mol. The van der Waals surface area contributed by atoms with E-state index < -0.39 is 0 Å². The zero-order valence-electron chi connectivity index (χ0n) is 11.0. The number of hydrogen-bond acceptors (Lipinski definition) is 2. The van der Waals surface area contributed by atoms with Gasteiger partial charge in [-0.1, -0.05) is 50.6 Å². The van der Waals surface area contributed by atoms with Crippen LogP contribution in [0.2, 0.25) is 0 Å². The van der Waals surface area contributed by atoms with Crippen LogP contribution in [0.15, 0.2) is 35.3 Å². The molecule has 1 aromatic rings. The third-order valence-corrected chi connectivity index (χ3v) is 3.14. The maximum absolute atomic E-state index is 5.61. The molecule has 1 aromatic carbocycles. The van der Waals surface area contributed by atoms with Crippen molar-refractivity contribution in [3.63, 3.8) is 0 Å². The van der Waals surface area contributed by atoms with Crippen molar-refractivity contribution < 1.29 is 0 Å². The summed E-state index contributed by atoms with van der Waals surface area (Å²) in [6.07, 6.45) is 1.10. The van der Waals surface area contributed by atoms with E-state index in [0.717, 1.165) is 18.8 Å². The highest BCUT2D eigenvalue weighted by molar-refractivity contribution is 5.88. The molecule has 0 spiro atoms. The molecule has 0 saturated carbocycles. The first-order valence-corrected chi connectivity index (χ1v) is 6.30. The molecule has 3 nitrogen and oxygen atoms in total. The Labute approximate surface area is 104 Å². The van der Waals surface area contributed by atoms with Crippen molar-refractivity contribution in [3.8, 4) is 0 Å². The Morgan fingerprint density at radius 1 is 1.29 bits per heavy atom. The topological polar surface area (TPSA) is 50.4 Å². The molecule has 94 valence electrons. The van der Waals surface area contributed by atoms with Gasteiger partial charge in [0, 0.05) is 12.5 Å². The maximum atomic E-state index is 5.61. The van der Waals surface area contributed by atoms with Crippen molar-refractivity contribution in [2.75, 3.05) is 6.54 Å². The second-order valence-electron chi connectivity index (χ2n) is 4.28. The molecule has 0 aliphatic heterocycles. The van der Waals surface area contributed by atoms with Gasteiger partial charge in [0.2, 0.25) is 0 Å². The molecule has 0 aliphatic carbocycles. The van der Waals surface area contributed by atoms with E-state index in [0.29, 0.717) is 5.92 Å². The number of nitrogens with zero attached hydrogens (tertiary/aromatic N) is 1. The number of hydrogen-bond donors (Lipinski definition) is 2. The quantitative estimate of drug-likeness (QED) is 0.355. The Morgan fingerprint density at radius 2 is 1.94 bits per heavy atom. The fourth-order valence-corrected chi connectivity index (χ4v) is 2.06. The molecule has 0 amide bonds. The average molecular weight is 233 g/mol. The number of nitrogens with one attached hydrogen (secondary N) is 1. The van der Waals surface area contributed by atoms with E-state index in [-0.39, 0.29) is 5.92 Å². The first-order chi connectivity index (χ1) is 8.24. The highest BCUT2D eigenvalue weighted by atomic mass is 15.3. The molecule has 3 N–H and O–H groups in total. The number of amidine groups is 1. The SMILES string of the molecule is CCN=C(NN)C(c1ccccc1)C(C)CC. The van der Waals surface area contributed by atoms with Crippen molar-refractivity contribution in [2.45, 2.75) is 33.1 Å². The molecule has 0 fully saturated rings. The van der Waals surface area contributed by atoms with Crippen LogP contribution in [0.4, 0.5) is 0 Å². The van der Waals surface area contributed by atoms with E-state index in [9.17, 15) is 0 Å². The number of benzene rings is 1. The Balaban J connectivity index is 3.08. The predicted molar refractivity (Wildman–Crippen MR) is 73.9 cm³/mol. The maximum Gasteiger partial charge on any atom is 0.118 e. The summed E-state index contributed by atoms with van der Waals surface area (Å²) in [7, 11) is 0. The average Bonchev–Trinajstić information content (AvgIpc) is 2.39. The lowest BCUT2D eigenvalue weighted by molar-refractivity contribution is 0.516. The second kappa shape index (κ2) is 7.07. The van der Waals surface area contributed by atoms with Gasteiger partial charge in [0.15, 0.2) is 0 Å². The van der Waals surface area contributed by atoms with Crippen molar-refractivity contribution in [1.82, 2.24) is 5.43 Å². The minimum atomic E-state index is 0.256. The van der Waals surface area contributed by atoms with Gasteiger partial charge in [-0.2, -0.15) is 0 Å². The van der Waals surface area contributed by atoms with Gasteiger partial charge in [0.25, 0.3) is 0 Å². The molecule has 0 heterocycles. The monoisotopic (exact) mass is 233 g/mol. The van der Waals surface area contributed by atoms with Crippen molar-refractivity contribution in [2.24, 2.45) is 16.8 Å². The van der Waals surface area contributed by atoms with Crippen LogP contribution in [0.25, 0.3) is 0 Å². The fourth-order valence-electron chi connectivity index (χ4n) is 2.06. The van der Waals surface area contributed by atoms with Gasteiger partial charge in [0.1, 0.15) is 5.84 Å². The lowest BCUT2D eigenvalue weighted by atomic mass is 9.84. The number of hydrazine groups is 1. The molecular formula is C14H23N3. The third kappa shape index (κ3) is 3.56. The van der Waals surface area contributed by atoms with Crippen LogP contribution in [0.1, 0.15) is 38.7 Å². The highest BCUT2D eigenvalue weighted by Crippen LogP contribution is 2.27. The minimum absolute atomic E-state index is 0.256. The Hall–Kier alpha value is -1.35. The van der Waals surface area contributed by atoms with E-state index in [1.54, 1.807) is 0 Å².